The minimum absolute atomic E-state index is 0.156. The van der Waals surface area contributed by atoms with Crippen LogP contribution in [0.25, 0.3) is 0 Å². The Labute approximate surface area is 83.6 Å². The predicted molar refractivity (Wildman–Crippen MR) is 55.4 cm³/mol. The number of oxime groups is 1. The van der Waals surface area contributed by atoms with Crippen LogP contribution in [0.1, 0.15) is 42.4 Å². The fraction of sp³-hybridized carbons (Fsp3) is 0.417. The van der Waals surface area contributed by atoms with Crippen LogP contribution in [0, 0.1) is 0 Å². The summed E-state index contributed by atoms with van der Waals surface area (Å²) in [7, 11) is 0. The molecule has 1 atom stereocenters. The maximum atomic E-state index is 5.22. The zero-order valence-electron chi connectivity index (χ0n) is 8.02. The van der Waals surface area contributed by atoms with Crippen LogP contribution in [0.5, 0.6) is 0 Å². The highest BCUT2D eigenvalue weighted by Gasteiger charge is 2.23. The maximum absolute atomic E-state index is 5.22. The number of nitrogens with zero attached hydrogens (tertiary/aromatic N) is 1. The van der Waals surface area contributed by atoms with Gasteiger partial charge in [0.1, 0.15) is 0 Å². The highest BCUT2D eigenvalue weighted by atomic mass is 16.6. The molecule has 2 aliphatic rings. The molecule has 2 heteroatoms. The highest BCUT2D eigenvalue weighted by Crippen LogP contribution is 2.40. The number of hydrogen-bond donors (Lipinski definition) is 0. The molecular formula is C12H13NO. The summed E-state index contributed by atoms with van der Waals surface area (Å²) in [5, 5.41) is 3.79. The van der Waals surface area contributed by atoms with Crippen molar-refractivity contribution < 1.29 is 4.84 Å². The van der Waals surface area contributed by atoms with Crippen molar-refractivity contribution in [2.75, 3.05) is 0 Å². The Hall–Kier alpha value is -1.31. The molecule has 1 aromatic rings. The van der Waals surface area contributed by atoms with E-state index in [1.165, 1.54) is 24.0 Å². The van der Waals surface area contributed by atoms with Gasteiger partial charge in [-0.1, -0.05) is 29.4 Å². The molecule has 0 spiro atoms. The van der Waals surface area contributed by atoms with E-state index in [1.54, 1.807) is 0 Å². The van der Waals surface area contributed by atoms with E-state index in [0.717, 1.165) is 12.3 Å². The predicted octanol–water partition coefficient (Wildman–Crippen LogP) is 3.01. The van der Waals surface area contributed by atoms with Crippen LogP contribution in [0.15, 0.2) is 29.4 Å². The molecule has 0 bridgehead atoms. The van der Waals surface area contributed by atoms with Gasteiger partial charge in [0.15, 0.2) is 6.10 Å². The summed E-state index contributed by atoms with van der Waals surface area (Å²) in [6.07, 6.45) is 5.62. The third-order valence-corrected chi connectivity index (χ3v) is 2.94. The molecule has 14 heavy (non-hydrogen) atoms. The molecule has 72 valence electrons. The van der Waals surface area contributed by atoms with E-state index < -0.39 is 0 Å². The van der Waals surface area contributed by atoms with E-state index in [1.807, 2.05) is 6.21 Å². The van der Waals surface area contributed by atoms with E-state index in [4.69, 9.17) is 4.84 Å². The average molecular weight is 187 g/mol. The molecule has 1 unspecified atom stereocenters. The lowest BCUT2D eigenvalue weighted by Gasteiger charge is -2.08. The highest BCUT2D eigenvalue weighted by molar-refractivity contribution is 5.59. The van der Waals surface area contributed by atoms with Crippen molar-refractivity contribution in [1.82, 2.24) is 0 Å². The van der Waals surface area contributed by atoms with Gasteiger partial charge in [0, 0.05) is 12.6 Å². The third kappa shape index (κ3) is 1.41. The summed E-state index contributed by atoms with van der Waals surface area (Å²) in [4.78, 5) is 5.22. The standard InChI is InChI=1S/C12H13NO/c1-2-9(1)10-3-5-11(6-4-10)12-7-8-13-14-12/h3-6,8-9,12H,1-2,7H2. The van der Waals surface area contributed by atoms with Crippen molar-refractivity contribution in [3.05, 3.63) is 35.4 Å². The second-order valence-corrected chi connectivity index (χ2v) is 4.06. The first kappa shape index (κ1) is 8.04. The molecule has 0 saturated heterocycles. The average Bonchev–Trinajstić information content (AvgIpc) is 2.94. The van der Waals surface area contributed by atoms with Gasteiger partial charge in [0.25, 0.3) is 0 Å². The first-order chi connectivity index (χ1) is 6.93. The smallest absolute Gasteiger partial charge is 0.157 e. The molecule has 1 aliphatic heterocycles. The summed E-state index contributed by atoms with van der Waals surface area (Å²) in [5.74, 6) is 0.838. The van der Waals surface area contributed by atoms with Gasteiger partial charge >= 0.3 is 0 Å². The minimum Gasteiger partial charge on any atom is -0.388 e. The van der Waals surface area contributed by atoms with Gasteiger partial charge in [0.2, 0.25) is 0 Å². The van der Waals surface area contributed by atoms with Gasteiger partial charge in [0.05, 0.1) is 0 Å². The SMILES string of the molecule is C1=NOC(c2ccc(C3CC3)cc2)C1. The molecule has 1 saturated carbocycles. The molecule has 1 aromatic carbocycles. The maximum Gasteiger partial charge on any atom is 0.157 e. The number of benzene rings is 1. The Kier molecular flexibility index (Phi) is 1.79. The van der Waals surface area contributed by atoms with Crippen molar-refractivity contribution in [1.29, 1.82) is 0 Å². The van der Waals surface area contributed by atoms with E-state index in [2.05, 4.69) is 29.4 Å². The fourth-order valence-electron chi connectivity index (χ4n) is 1.89. The van der Waals surface area contributed by atoms with Crippen LogP contribution in [0.3, 0.4) is 0 Å². The third-order valence-electron chi connectivity index (χ3n) is 2.94. The topological polar surface area (TPSA) is 21.6 Å². The Morgan fingerprint density at radius 2 is 1.79 bits per heavy atom. The van der Waals surface area contributed by atoms with Crippen molar-refractivity contribution in [3.8, 4) is 0 Å². The normalized spacial score (nSPS) is 25.0. The summed E-state index contributed by atoms with van der Waals surface area (Å²) >= 11 is 0. The number of hydrogen-bond acceptors (Lipinski definition) is 2. The van der Waals surface area contributed by atoms with E-state index in [-0.39, 0.29) is 6.10 Å². The Balaban J connectivity index is 1.79. The first-order valence-corrected chi connectivity index (χ1v) is 5.21. The van der Waals surface area contributed by atoms with Crippen LogP contribution in [0.2, 0.25) is 0 Å². The lowest BCUT2D eigenvalue weighted by atomic mass is 10.0. The number of rotatable bonds is 2. The Bertz CT molecular complexity index is 343. The van der Waals surface area contributed by atoms with E-state index in [9.17, 15) is 0 Å². The largest absolute Gasteiger partial charge is 0.388 e. The molecule has 0 amide bonds. The lowest BCUT2D eigenvalue weighted by Crippen LogP contribution is -1.95. The summed E-state index contributed by atoms with van der Waals surface area (Å²) < 4.78 is 0. The van der Waals surface area contributed by atoms with Gasteiger partial charge in [-0.25, -0.2) is 0 Å². The van der Waals surface area contributed by atoms with Gasteiger partial charge in [-0.15, -0.1) is 0 Å². The van der Waals surface area contributed by atoms with Crippen molar-refractivity contribution >= 4 is 6.21 Å². The van der Waals surface area contributed by atoms with Gasteiger partial charge in [-0.05, 0) is 29.9 Å². The molecule has 0 radical (unpaired) electrons. The molecule has 3 rings (SSSR count). The molecule has 1 aliphatic carbocycles. The fourth-order valence-corrected chi connectivity index (χ4v) is 1.89. The summed E-state index contributed by atoms with van der Waals surface area (Å²) in [6.45, 7) is 0. The second kappa shape index (κ2) is 3.12. The second-order valence-electron chi connectivity index (χ2n) is 4.06. The lowest BCUT2D eigenvalue weighted by molar-refractivity contribution is 0.0858. The quantitative estimate of drug-likeness (QED) is 0.697. The molecule has 1 fully saturated rings. The molecule has 0 aromatic heterocycles. The zero-order valence-corrected chi connectivity index (χ0v) is 8.02. The van der Waals surface area contributed by atoms with E-state index in [0.29, 0.717) is 0 Å². The monoisotopic (exact) mass is 187 g/mol. The first-order valence-electron chi connectivity index (χ1n) is 5.21. The van der Waals surface area contributed by atoms with Crippen LogP contribution in [-0.2, 0) is 4.84 Å². The van der Waals surface area contributed by atoms with Crippen molar-refractivity contribution in [3.63, 3.8) is 0 Å². The minimum atomic E-state index is 0.156. The Morgan fingerprint density at radius 3 is 2.36 bits per heavy atom. The van der Waals surface area contributed by atoms with Crippen LogP contribution < -0.4 is 0 Å². The molecule has 1 heterocycles. The summed E-state index contributed by atoms with van der Waals surface area (Å²) in [5.41, 5.74) is 2.72. The van der Waals surface area contributed by atoms with Crippen LogP contribution in [-0.4, -0.2) is 6.21 Å². The van der Waals surface area contributed by atoms with Gasteiger partial charge in [-0.3, -0.25) is 0 Å². The molecule has 0 N–H and O–H groups in total. The van der Waals surface area contributed by atoms with Crippen LogP contribution >= 0.6 is 0 Å². The van der Waals surface area contributed by atoms with E-state index >= 15 is 0 Å². The van der Waals surface area contributed by atoms with Gasteiger partial charge in [-0.2, -0.15) is 0 Å². The van der Waals surface area contributed by atoms with Crippen LogP contribution in [0.4, 0.5) is 0 Å². The zero-order chi connectivity index (χ0) is 9.38. The van der Waals surface area contributed by atoms with Gasteiger partial charge < -0.3 is 4.84 Å². The van der Waals surface area contributed by atoms with Crippen molar-refractivity contribution in [2.24, 2.45) is 5.16 Å². The molecule has 2 nitrogen and oxygen atoms in total. The summed E-state index contributed by atoms with van der Waals surface area (Å²) in [6, 6.07) is 8.81. The molecular weight excluding hydrogens is 174 g/mol. The Morgan fingerprint density at radius 1 is 1.07 bits per heavy atom. The van der Waals surface area contributed by atoms with Crippen molar-refractivity contribution in [2.45, 2.75) is 31.3 Å².